The molecule has 0 aromatic heterocycles. The normalized spacial score (nSPS) is 15.2. The molecule has 3 aromatic rings. The van der Waals surface area contributed by atoms with E-state index in [1.54, 1.807) is 24.3 Å². The lowest BCUT2D eigenvalue weighted by atomic mass is 10.1. The summed E-state index contributed by atoms with van der Waals surface area (Å²) in [5, 5.41) is 12.4. The molecule has 0 aliphatic carbocycles. The number of carbonyl (C=O) groups is 2. The lowest BCUT2D eigenvalue weighted by Gasteiger charge is -2.37. The fourth-order valence-corrected chi connectivity index (χ4v) is 4.39. The van der Waals surface area contributed by atoms with Crippen LogP contribution in [-0.4, -0.2) is 54.9 Å². The second-order valence-electron chi connectivity index (χ2n) is 8.81. The van der Waals surface area contributed by atoms with Gasteiger partial charge in [-0.25, -0.2) is 4.79 Å². The maximum atomic E-state index is 12.9. The van der Waals surface area contributed by atoms with Gasteiger partial charge in [0.25, 0.3) is 5.91 Å². The number of anilines is 2. The Hall–Kier alpha value is -4.04. The summed E-state index contributed by atoms with van der Waals surface area (Å²) < 4.78 is 10.9. The third-order valence-electron chi connectivity index (χ3n) is 6.36. The molecule has 2 N–H and O–H groups in total. The van der Waals surface area contributed by atoms with Crippen molar-refractivity contribution in [2.45, 2.75) is 13.5 Å². The van der Waals surface area contributed by atoms with Gasteiger partial charge in [0.2, 0.25) is 6.79 Å². The number of benzene rings is 3. The molecule has 1 amide bonds. The van der Waals surface area contributed by atoms with Crippen LogP contribution in [0, 0.1) is 6.92 Å². The van der Waals surface area contributed by atoms with Crippen LogP contribution in [0.4, 0.5) is 11.4 Å². The zero-order valence-electron chi connectivity index (χ0n) is 19.5. The molecule has 8 heteroatoms. The van der Waals surface area contributed by atoms with E-state index in [1.807, 2.05) is 31.2 Å². The molecule has 2 aliphatic rings. The molecule has 0 bridgehead atoms. The first-order valence-corrected chi connectivity index (χ1v) is 11.6. The van der Waals surface area contributed by atoms with Crippen molar-refractivity contribution in [1.29, 1.82) is 0 Å². The molecular formula is C27H27N3O5. The van der Waals surface area contributed by atoms with Crippen molar-refractivity contribution >= 4 is 23.3 Å². The lowest BCUT2D eigenvalue weighted by molar-refractivity contribution is 0.0696. The summed E-state index contributed by atoms with van der Waals surface area (Å²) in [6.07, 6.45) is 0. The van der Waals surface area contributed by atoms with E-state index in [0.717, 1.165) is 55.5 Å². The van der Waals surface area contributed by atoms with Crippen molar-refractivity contribution in [3.05, 3.63) is 82.9 Å². The molecule has 0 saturated carbocycles. The minimum absolute atomic E-state index is 0.134. The number of piperazine rings is 1. The number of hydrogen-bond donors (Lipinski definition) is 2. The fourth-order valence-electron chi connectivity index (χ4n) is 4.39. The topological polar surface area (TPSA) is 91.3 Å². The monoisotopic (exact) mass is 473 g/mol. The highest BCUT2D eigenvalue weighted by Crippen LogP contribution is 2.33. The molecule has 0 unspecified atom stereocenters. The van der Waals surface area contributed by atoms with Gasteiger partial charge in [-0.1, -0.05) is 23.8 Å². The molecule has 3 aromatic carbocycles. The molecule has 5 rings (SSSR count). The Morgan fingerprint density at radius 1 is 0.886 bits per heavy atom. The highest BCUT2D eigenvalue weighted by Gasteiger charge is 2.22. The number of carboxylic acids is 1. The van der Waals surface area contributed by atoms with Crippen LogP contribution in [0.25, 0.3) is 0 Å². The average Bonchev–Trinajstić information content (AvgIpc) is 3.33. The number of nitrogens with one attached hydrogen (secondary N) is 1. The second-order valence-corrected chi connectivity index (χ2v) is 8.81. The van der Waals surface area contributed by atoms with E-state index in [2.05, 4.69) is 21.2 Å². The Morgan fingerprint density at radius 2 is 1.60 bits per heavy atom. The number of nitrogens with zero attached hydrogens (tertiary/aromatic N) is 2. The number of amides is 1. The lowest BCUT2D eigenvalue weighted by Crippen LogP contribution is -2.46. The molecule has 8 nitrogen and oxygen atoms in total. The van der Waals surface area contributed by atoms with Gasteiger partial charge in [-0.3, -0.25) is 9.69 Å². The van der Waals surface area contributed by atoms with Crippen molar-refractivity contribution in [3.63, 3.8) is 0 Å². The molecule has 1 saturated heterocycles. The SMILES string of the molecule is Cc1ccc(C(=O)Nc2cc(C(=O)O)ccc2N2CCN(Cc3ccc4c(c3)OCO4)CC2)cc1. The molecule has 0 radical (unpaired) electrons. The third kappa shape index (κ3) is 5.07. The van der Waals surface area contributed by atoms with Gasteiger partial charge in [0, 0.05) is 38.3 Å². The van der Waals surface area contributed by atoms with Gasteiger partial charge in [0.05, 0.1) is 16.9 Å². The van der Waals surface area contributed by atoms with Crippen LogP contribution in [0.3, 0.4) is 0 Å². The number of carboxylic acid groups (broad SMARTS) is 1. The molecular weight excluding hydrogens is 446 g/mol. The summed E-state index contributed by atoms with van der Waals surface area (Å²) in [7, 11) is 0. The van der Waals surface area contributed by atoms with Crippen LogP contribution in [-0.2, 0) is 6.54 Å². The Labute approximate surface area is 203 Å². The van der Waals surface area contributed by atoms with Gasteiger partial charge in [0.15, 0.2) is 11.5 Å². The maximum absolute atomic E-state index is 12.9. The predicted molar refractivity (Wildman–Crippen MR) is 133 cm³/mol. The van der Waals surface area contributed by atoms with Gasteiger partial charge >= 0.3 is 5.97 Å². The van der Waals surface area contributed by atoms with E-state index in [9.17, 15) is 14.7 Å². The van der Waals surface area contributed by atoms with Crippen molar-refractivity contribution in [3.8, 4) is 11.5 Å². The summed E-state index contributed by atoms with van der Waals surface area (Å²) in [5.41, 5.74) is 4.21. The van der Waals surface area contributed by atoms with Gasteiger partial charge in [0.1, 0.15) is 0 Å². The Balaban J connectivity index is 1.29. The molecule has 2 heterocycles. The highest BCUT2D eigenvalue weighted by atomic mass is 16.7. The van der Waals surface area contributed by atoms with E-state index in [4.69, 9.17) is 9.47 Å². The van der Waals surface area contributed by atoms with E-state index < -0.39 is 5.97 Å². The molecule has 2 aliphatic heterocycles. The van der Waals surface area contributed by atoms with E-state index in [-0.39, 0.29) is 18.3 Å². The van der Waals surface area contributed by atoms with Gasteiger partial charge in [-0.05, 0) is 55.0 Å². The van der Waals surface area contributed by atoms with Gasteiger partial charge in [-0.15, -0.1) is 0 Å². The van der Waals surface area contributed by atoms with Crippen molar-refractivity contribution in [2.75, 3.05) is 43.2 Å². The number of fused-ring (bicyclic) bond motifs is 1. The smallest absolute Gasteiger partial charge is 0.335 e. The Bertz CT molecular complexity index is 1250. The Kier molecular flexibility index (Phi) is 6.29. The fraction of sp³-hybridized carbons (Fsp3) is 0.259. The molecule has 0 spiro atoms. The van der Waals surface area contributed by atoms with Crippen LogP contribution in [0.1, 0.15) is 31.8 Å². The summed E-state index contributed by atoms with van der Waals surface area (Å²) >= 11 is 0. The first-order valence-electron chi connectivity index (χ1n) is 11.6. The summed E-state index contributed by atoms with van der Waals surface area (Å²) in [6, 6.07) is 18.2. The number of aromatic carboxylic acids is 1. The minimum Gasteiger partial charge on any atom is -0.478 e. The summed E-state index contributed by atoms with van der Waals surface area (Å²) in [5.74, 6) is 0.267. The van der Waals surface area contributed by atoms with Crippen LogP contribution < -0.4 is 19.7 Å². The van der Waals surface area contributed by atoms with E-state index in [1.165, 1.54) is 11.6 Å². The minimum atomic E-state index is -1.03. The van der Waals surface area contributed by atoms with E-state index in [0.29, 0.717) is 11.3 Å². The zero-order chi connectivity index (χ0) is 24.4. The first-order chi connectivity index (χ1) is 17.0. The number of hydrogen-bond acceptors (Lipinski definition) is 6. The number of aryl methyl sites for hydroxylation is 1. The van der Waals surface area contributed by atoms with Crippen molar-refractivity contribution in [2.24, 2.45) is 0 Å². The largest absolute Gasteiger partial charge is 0.478 e. The highest BCUT2D eigenvalue weighted by molar-refractivity contribution is 6.06. The molecule has 180 valence electrons. The van der Waals surface area contributed by atoms with E-state index >= 15 is 0 Å². The van der Waals surface area contributed by atoms with Gasteiger partial charge in [-0.2, -0.15) is 0 Å². The van der Waals surface area contributed by atoms with Crippen LogP contribution >= 0.6 is 0 Å². The summed E-state index contributed by atoms with van der Waals surface area (Å²) in [6.45, 7) is 6.21. The van der Waals surface area contributed by atoms with Crippen molar-refractivity contribution in [1.82, 2.24) is 4.90 Å². The van der Waals surface area contributed by atoms with Gasteiger partial charge < -0.3 is 24.8 Å². The quantitative estimate of drug-likeness (QED) is 0.559. The van der Waals surface area contributed by atoms with Crippen LogP contribution in [0.5, 0.6) is 11.5 Å². The molecule has 35 heavy (non-hydrogen) atoms. The summed E-state index contributed by atoms with van der Waals surface area (Å²) in [4.78, 5) is 29.0. The number of carbonyl (C=O) groups excluding carboxylic acids is 1. The van der Waals surface area contributed by atoms with Crippen molar-refractivity contribution < 1.29 is 24.2 Å². The first kappa shape index (κ1) is 22.7. The molecule has 0 atom stereocenters. The standard InChI is InChI=1S/C27H27N3O5/c1-18-2-5-20(6-3-18)26(31)28-22-15-21(27(32)33)7-8-23(22)30-12-10-29(11-13-30)16-19-4-9-24-25(14-19)35-17-34-24/h2-9,14-15H,10-13,16-17H2,1H3,(H,28,31)(H,32,33). The molecule has 1 fully saturated rings. The average molecular weight is 474 g/mol. The maximum Gasteiger partial charge on any atom is 0.335 e. The zero-order valence-corrected chi connectivity index (χ0v) is 19.5. The van der Waals surface area contributed by atoms with Crippen LogP contribution in [0.15, 0.2) is 60.7 Å². The number of rotatable bonds is 6. The third-order valence-corrected chi connectivity index (χ3v) is 6.36. The second kappa shape index (κ2) is 9.68. The predicted octanol–water partition coefficient (Wildman–Crippen LogP) is 4.00. The van der Waals surface area contributed by atoms with Crippen LogP contribution in [0.2, 0.25) is 0 Å². The Morgan fingerprint density at radius 3 is 2.34 bits per heavy atom. The number of ether oxygens (including phenoxy) is 2.